The molecule has 2 aromatic heterocycles. The van der Waals surface area contributed by atoms with Crippen molar-refractivity contribution in [2.75, 3.05) is 13.1 Å². The lowest BCUT2D eigenvalue weighted by Crippen LogP contribution is -2.43. The first kappa shape index (κ1) is 20.8. The summed E-state index contributed by atoms with van der Waals surface area (Å²) in [4.78, 5) is 16.8. The normalized spacial score (nSPS) is 17.0. The van der Waals surface area contributed by atoms with Crippen LogP contribution in [0.4, 0.5) is 0 Å². The number of thiophene rings is 1. The fourth-order valence-electron chi connectivity index (χ4n) is 3.66. The summed E-state index contributed by atoms with van der Waals surface area (Å²) in [5.41, 5.74) is 2.03. The van der Waals surface area contributed by atoms with Gasteiger partial charge in [0.05, 0.1) is 12.4 Å². The van der Waals surface area contributed by atoms with Crippen LogP contribution in [0.2, 0.25) is 0 Å². The van der Waals surface area contributed by atoms with Crippen molar-refractivity contribution in [2.24, 2.45) is 5.92 Å². The van der Waals surface area contributed by atoms with E-state index in [4.69, 9.17) is 0 Å². The Bertz CT molecular complexity index is 1070. The van der Waals surface area contributed by atoms with E-state index in [0.717, 1.165) is 11.3 Å². The van der Waals surface area contributed by atoms with Crippen LogP contribution in [0.5, 0.6) is 0 Å². The summed E-state index contributed by atoms with van der Waals surface area (Å²) >= 11 is 1.22. The summed E-state index contributed by atoms with van der Waals surface area (Å²) < 4.78 is 29.0. The number of imidazole rings is 1. The van der Waals surface area contributed by atoms with Crippen molar-refractivity contribution in [2.45, 2.75) is 30.0 Å². The van der Waals surface area contributed by atoms with Gasteiger partial charge in [-0.3, -0.25) is 4.79 Å². The number of aromatic nitrogens is 2. The minimum Gasteiger partial charge on any atom is -0.349 e. The third-order valence-corrected chi connectivity index (χ3v) is 8.74. The number of amides is 1. The third kappa shape index (κ3) is 4.33. The molecule has 1 aromatic carbocycles. The van der Waals surface area contributed by atoms with E-state index in [0.29, 0.717) is 30.1 Å². The summed E-state index contributed by atoms with van der Waals surface area (Å²) in [6, 6.07) is 11.2. The molecule has 0 radical (unpaired) electrons. The number of hydrogen-bond acceptors (Lipinski definition) is 5. The third-order valence-electron chi connectivity index (χ3n) is 5.47. The number of benzene rings is 1. The Morgan fingerprint density at radius 1 is 1.20 bits per heavy atom. The zero-order valence-corrected chi connectivity index (χ0v) is 18.3. The predicted octanol–water partition coefficient (Wildman–Crippen LogP) is 3.21. The Labute approximate surface area is 180 Å². The molecule has 3 heterocycles. The number of sulfonamides is 1. The summed E-state index contributed by atoms with van der Waals surface area (Å²) in [5, 5.41) is 4.84. The molecule has 1 aliphatic heterocycles. The summed E-state index contributed by atoms with van der Waals surface area (Å²) in [6.07, 6.45) is 6.41. The molecule has 0 saturated carbocycles. The highest BCUT2D eigenvalue weighted by molar-refractivity contribution is 7.91. The Kier molecular flexibility index (Phi) is 6.03. The number of hydrogen-bond donors (Lipinski definition) is 1. The summed E-state index contributed by atoms with van der Waals surface area (Å²) in [5.74, 6) is -0.193. The Morgan fingerprint density at radius 3 is 2.53 bits per heavy atom. The molecule has 0 spiro atoms. The van der Waals surface area contributed by atoms with E-state index < -0.39 is 10.0 Å². The van der Waals surface area contributed by atoms with E-state index in [2.05, 4.69) is 10.3 Å². The van der Waals surface area contributed by atoms with Crippen LogP contribution in [-0.4, -0.2) is 41.3 Å². The molecule has 1 N–H and O–H groups in total. The van der Waals surface area contributed by atoms with E-state index in [9.17, 15) is 13.2 Å². The predicted molar refractivity (Wildman–Crippen MR) is 116 cm³/mol. The molecule has 30 heavy (non-hydrogen) atoms. The van der Waals surface area contributed by atoms with Crippen LogP contribution in [0.3, 0.4) is 0 Å². The van der Waals surface area contributed by atoms with Gasteiger partial charge in [0.15, 0.2) is 0 Å². The highest BCUT2D eigenvalue weighted by atomic mass is 32.2. The van der Waals surface area contributed by atoms with Gasteiger partial charge in [0.25, 0.3) is 10.0 Å². The van der Waals surface area contributed by atoms with Gasteiger partial charge in [-0.05, 0) is 48.9 Å². The van der Waals surface area contributed by atoms with E-state index in [-0.39, 0.29) is 17.9 Å². The number of piperidine rings is 1. The number of carbonyl (C=O) groups excluding carboxylic acids is 1. The molecular weight excluding hydrogens is 420 g/mol. The minimum absolute atomic E-state index is 0.0191. The van der Waals surface area contributed by atoms with Crippen LogP contribution in [0.15, 0.2) is 64.7 Å². The van der Waals surface area contributed by atoms with Gasteiger partial charge in [0.1, 0.15) is 4.21 Å². The average Bonchev–Trinajstić information content (AvgIpc) is 3.48. The molecule has 1 atom stereocenters. The van der Waals surface area contributed by atoms with Crippen LogP contribution in [0, 0.1) is 5.92 Å². The van der Waals surface area contributed by atoms with Crippen molar-refractivity contribution < 1.29 is 13.2 Å². The lowest BCUT2D eigenvalue weighted by atomic mass is 9.96. The number of carbonyl (C=O) groups is 1. The van der Waals surface area contributed by atoms with Crippen LogP contribution in [0.25, 0.3) is 5.69 Å². The van der Waals surface area contributed by atoms with Crippen LogP contribution in [-0.2, 0) is 14.8 Å². The van der Waals surface area contributed by atoms with Gasteiger partial charge in [-0.1, -0.05) is 18.2 Å². The molecule has 3 aromatic rings. The van der Waals surface area contributed by atoms with Gasteiger partial charge >= 0.3 is 0 Å². The van der Waals surface area contributed by atoms with Crippen LogP contribution < -0.4 is 5.32 Å². The highest BCUT2D eigenvalue weighted by Gasteiger charge is 2.32. The van der Waals surface area contributed by atoms with E-state index in [1.54, 1.807) is 30.0 Å². The average molecular weight is 445 g/mol. The highest BCUT2D eigenvalue weighted by Crippen LogP contribution is 2.27. The Morgan fingerprint density at radius 2 is 1.93 bits per heavy atom. The molecule has 1 amide bonds. The first-order valence-corrected chi connectivity index (χ1v) is 12.2. The fourth-order valence-corrected chi connectivity index (χ4v) is 6.27. The van der Waals surface area contributed by atoms with Crippen molar-refractivity contribution in [3.05, 3.63) is 66.1 Å². The van der Waals surface area contributed by atoms with E-state index in [1.165, 1.54) is 15.6 Å². The molecule has 0 bridgehead atoms. The molecule has 4 rings (SSSR count). The van der Waals surface area contributed by atoms with Crippen molar-refractivity contribution >= 4 is 27.3 Å². The Balaban J connectivity index is 1.32. The van der Waals surface area contributed by atoms with Crippen molar-refractivity contribution in [1.82, 2.24) is 19.2 Å². The SMILES string of the molecule is C[C@H](NC(=O)C1CCN(S(=O)(=O)c2cccs2)CC1)c1ccc(-n2ccnc2)cc1. The van der Waals surface area contributed by atoms with Gasteiger partial charge in [-0.25, -0.2) is 13.4 Å². The molecule has 9 heteroatoms. The lowest BCUT2D eigenvalue weighted by Gasteiger charge is -2.30. The van der Waals surface area contributed by atoms with Gasteiger partial charge in [0, 0.05) is 37.1 Å². The first-order valence-electron chi connectivity index (χ1n) is 9.87. The maximum Gasteiger partial charge on any atom is 0.252 e. The Hall–Kier alpha value is -2.49. The molecule has 7 nitrogen and oxygen atoms in total. The fraction of sp³-hybridized carbons (Fsp3) is 0.333. The number of nitrogens with zero attached hydrogens (tertiary/aromatic N) is 3. The van der Waals surface area contributed by atoms with Gasteiger partial charge in [-0.2, -0.15) is 4.31 Å². The molecular formula is C21H24N4O3S2. The molecule has 158 valence electrons. The van der Waals surface area contributed by atoms with E-state index in [1.807, 2.05) is 42.0 Å². The van der Waals surface area contributed by atoms with Gasteiger partial charge < -0.3 is 9.88 Å². The second-order valence-electron chi connectivity index (χ2n) is 7.40. The van der Waals surface area contributed by atoms with Crippen LogP contribution in [0.1, 0.15) is 31.4 Å². The summed E-state index contributed by atoms with van der Waals surface area (Å²) in [6.45, 7) is 2.69. The maximum absolute atomic E-state index is 12.7. The first-order chi connectivity index (χ1) is 14.4. The topological polar surface area (TPSA) is 84.3 Å². The zero-order valence-electron chi connectivity index (χ0n) is 16.6. The van der Waals surface area contributed by atoms with E-state index >= 15 is 0 Å². The smallest absolute Gasteiger partial charge is 0.252 e. The molecule has 1 fully saturated rings. The number of rotatable bonds is 6. The lowest BCUT2D eigenvalue weighted by molar-refractivity contribution is -0.126. The van der Waals surface area contributed by atoms with Gasteiger partial charge in [0.2, 0.25) is 5.91 Å². The molecule has 0 unspecified atom stereocenters. The second-order valence-corrected chi connectivity index (χ2v) is 10.5. The van der Waals surface area contributed by atoms with Crippen molar-refractivity contribution in [3.8, 4) is 5.69 Å². The van der Waals surface area contributed by atoms with Crippen LogP contribution >= 0.6 is 11.3 Å². The molecule has 0 aliphatic carbocycles. The van der Waals surface area contributed by atoms with Gasteiger partial charge in [-0.15, -0.1) is 11.3 Å². The quantitative estimate of drug-likeness (QED) is 0.633. The zero-order chi connectivity index (χ0) is 21.1. The monoisotopic (exact) mass is 444 g/mol. The molecule has 1 aliphatic rings. The van der Waals surface area contributed by atoms with Crippen molar-refractivity contribution in [1.29, 1.82) is 0 Å². The largest absolute Gasteiger partial charge is 0.349 e. The second kappa shape index (κ2) is 8.71. The standard InChI is InChI=1S/C21H24N4O3S2/c1-16(17-4-6-19(7-5-17)24-13-10-22-15-24)23-21(26)18-8-11-25(12-9-18)30(27,28)20-3-2-14-29-20/h2-7,10,13-16,18H,8-9,11-12H2,1H3,(H,23,26)/t16-/m0/s1. The van der Waals surface area contributed by atoms with Crippen molar-refractivity contribution in [3.63, 3.8) is 0 Å². The molecule has 1 saturated heterocycles. The number of nitrogens with one attached hydrogen (secondary N) is 1. The maximum atomic E-state index is 12.7. The minimum atomic E-state index is -3.44. The summed E-state index contributed by atoms with van der Waals surface area (Å²) in [7, 11) is -3.44.